The minimum absolute atomic E-state index is 0.00611. The van der Waals surface area contributed by atoms with Crippen LogP contribution in [-0.4, -0.2) is 79.4 Å². The molecule has 1 aliphatic heterocycles. The van der Waals surface area contributed by atoms with Gasteiger partial charge in [0.25, 0.3) is 0 Å². The zero-order valence-electron chi connectivity index (χ0n) is 37.7. The molecule has 13 heteroatoms. The minimum Gasteiger partial charge on any atom is -0.460 e. The molecule has 3 N–H and O–H groups in total. The van der Waals surface area contributed by atoms with Crippen molar-refractivity contribution in [2.75, 3.05) is 38.3 Å². The van der Waals surface area contributed by atoms with Gasteiger partial charge in [-0.1, -0.05) is 79.5 Å². The highest BCUT2D eigenvalue weighted by atomic mass is 32.2. The molecule has 1 saturated carbocycles. The van der Waals surface area contributed by atoms with Gasteiger partial charge < -0.3 is 34.6 Å². The summed E-state index contributed by atoms with van der Waals surface area (Å²) >= 11 is 0. The Morgan fingerprint density at radius 2 is 1.62 bits per heavy atom. The van der Waals surface area contributed by atoms with Crippen LogP contribution in [0.5, 0.6) is 17.2 Å². The number of unbranched alkanes of at least 4 members (excludes halogenated alkanes) is 2. The quantitative estimate of drug-likeness (QED) is 0.0397. The molecule has 0 saturated heterocycles. The standard InChI is InChI=1S/C52H63N3O9S/c1-5-29-55(65(59,60)43-26-21-40(22-27-43)53-36(4)58)49-35-47(54-62-7-3)45-33-39(17-11-13-30-56)44(18-12-14-31-57)50-46-34-42(25-28-48(46)64-52(49,51(45)50)61-32-6-2)63-41-23-19-38(20-24-41)37-15-9-8-10-16-37/h6,8-10,15-16,19-28,33-34,39,44,49-51,56-57H,2,5,7,11-14,17-18,29-32,35H2,1,3-4H3,(H,53,58)/t39-,44+,49-,50+,51+,52+/m0/s1. The number of nitrogens with one attached hydrogen (secondary N) is 1. The summed E-state index contributed by atoms with van der Waals surface area (Å²) in [7, 11) is -4.24. The number of nitrogens with zero attached hydrogens (tertiary/aromatic N) is 2. The summed E-state index contributed by atoms with van der Waals surface area (Å²) in [6.45, 7) is 9.89. The Hall–Kier alpha value is -5.31. The van der Waals surface area contributed by atoms with Crippen molar-refractivity contribution in [2.45, 2.75) is 94.8 Å². The number of amides is 1. The third-order valence-corrected chi connectivity index (χ3v) is 14.6. The molecule has 7 rings (SSSR count). The number of hydrogen-bond donors (Lipinski definition) is 3. The summed E-state index contributed by atoms with van der Waals surface area (Å²) in [6, 6.07) is 29.3. The molecule has 0 bridgehead atoms. The van der Waals surface area contributed by atoms with Crippen LogP contribution < -0.4 is 14.8 Å². The van der Waals surface area contributed by atoms with Crippen LogP contribution in [0.25, 0.3) is 11.1 Å². The van der Waals surface area contributed by atoms with Crippen molar-refractivity contribution in [1.29, 1.82) is 0 Å². The lowest BCUT2D eigenvalue weighted by Crippen LogP contribution is -2.70. The summed E-state index contributed by atoms with van der Waals surface area (Å²) in [4.78, 5) is 17.8. The zero-order chi connectivity index (χ0) is 46.0. The van der Waals surface area contributed by atoms with Crippen LogP contribution in [0.4, 0.5) is 5.69 Å². The molecule has 3 aliphatic rings. The Bertz CT molecular complexity index is 2410. The second-order valence-corrected chi connectivity index (χ2v) is 18.9. The average Bonchev–Trinajstić information content (AvgIpc) is 3.31. The van der Waals surface area contributed by atoms with Gasteiger partial charge >= 0.3 is 0 Å². The smallest absolute Gasteiger partial charge is 0.243 e. The number of carbonyl (C=O) groups excluding carboxylic acids is 1. The SMILES string of the molecule is C=CCO[C@@]12Oc3ccc(Oc4ccc(-c5ccccc5)cc4)cc3[C@H]3[C@H](CCCCO)[C@@H](CCCCO)C=C(C(=NOCC)C[C@@H]1N(CCC)S(=O)(=O)c1ccc(NC(C)=O)cc1)[C@H]32. The number of ether oxygens (including phenoxy) is 3. The third kappa shape index (κ3) is 10.4. The molecule has 4 aromatic rings. The lowest BCUT2D eigenvalue weighted by atomic mass is 9.55. The van der Waals surface area contributed by atoms with Gasteiger partial charge in [0.1, 0.15) is 23.9 Å². The number of hydrogen-bond acceptors (Lipinski definition) is 10. The fourth-order valence-corrected chi connectivity index (χ4v) is 11.8. The molecule has 6 atom stereocenters. The number of oxime groups is 1. The molecule has 1 amide bonds. The number of anilines is 1. The lowest BCUT2D eigenvalue weighted by Gasteiger charge is -2.59. The van der Waals surface area contributed by atoms with Crippen LogP contribution in [0.3, 0.4) is 0 Å². The topological polar surface area (TPSA) is 156 Å². The minimum atomic E-state index is -4.24. The van der Waals surface area contributed by atoms with Gasteiger partial charge in [0.15, 0.2) is 0 Å². The Morgan fingerprint density at radius 1 is 0.923 bits per heavy atom. The van der Waals surface area contributed by atoms with E-state index < -0.39 is 27.8 Å². The number of allylic oxidation sites excluding steroid dienone is 1. The monoisotopic (exact) mass is 905 g/mol. The van der Waals surface area contributed by atoms with Crippen molar-refractivity contribution in [3.63, 3.8) is 0 Å². The fourth-order valence-electron chi connectivity index (χ4n) is 10.0. The predicted molar refractivity (Wildman–Crippen MR) is 253 cm³/mol. The van der Waals surface area contributed by atoms with Crippen molar-refractivity contribution < 1.29 is 42.5 Å². The number of benzene rings is 4. The molecule has 346 valence electrons. The molecular weight excluding hydrogens is 843 g/mol. The molecule has 1 fully saturated rings. The largest absolute Gasteiger partial charge is 0.460 e. The van der Waals surface area contributed by atoms with Crippen LogP contribution in [0, 0.1) is 17.8 Å². The van der Waals surface area contributed by atoms with E-state index in [0.29, 0.717) is 54.5 Å². The van der Waals surface area contributed by atoms with Gasteiger partial charge in [-0.25, -0.2) is 8.42 Å². The van der Waals surface area contributed by atoms with E-state index >= 15 is 8.42 Å². The van der Waals surface area contributed by atoms with Gasteiger partial charge in [-0.2, -0.15) is 4.31 Å². The summed E-state index contributed by atoms with van der Waals surface area (Å²) in [5.74, 6) is -0.805. The second kappa shape index (κ2) is 21.8. The Balaban J connectivity index is 1.41. The van der Waals surface area contributed by atoms with E-state index in [1.807, 2.05) is 68.4 Å². The maximum Gasteiger partial charge on any atom is 0.243 e. The van der Waals surface area contributed by atoms with Gasteiger partial charge in [-0.3, -0.25) is 4.79 Å². The van der Waals surface area contributed by atoms with E-state index in [0.717, 1.165) is 47.9 Å². The van der Waals surface area contributed by atoms with E-state index in [2.05, 4.69) is 36.2 Å². The molecule has 4 aromatic carbocycles. The molecule has 0 spiro atoms. The maximum absolute atomic E-state index is 15.2. The number of rotatable bonds is 22. The molecule has 2 aliphatic carbocycles. The third-order valence-electron chi connectivity index (χ3n) is 12.7. The van der Waals surface area contributed by atoms with Crippen molar-refractivity contribution in [3.8, 4) is 28.4 Å². The molecule has 1 heterocycles. The number of sulfonamides is 1. The molecular formula is C52H63N3O9S. The molecule has 12 nitrogen and oxygen atoms in total. The number of fused-ring (bicyclic) bond motifs is 2. The van der Waals surface area contributed by atoms with Crippen molar-refractivity contribution >= 4 is 27.3 Å². The van der Waals surface area contributed by atoms with Crippen LogP contribution in [0.2, 0.25) is 0 Å². The van der Waals surface area contributed by atoms with E-state index in [1.165, 1.54) is 23.4 Å². The first kappa shape index (κ1) is 47.6. The molecule has 0 aromatic heterocycles. The number of carbonyl (C=O) groups is 1. The Kier molecular flexibility index (Phi) is 16.0. The fraction of sp³-hybridized carbons (Fsp3) is 0.423. The van der Waals surface area contributed by atoms with E-state index in [9.17, 15) is 15.0 Å². The van der Waals surface area contributed by atoms with Crippen LogP contribution in [-0.2, 0) is 24.4 Å². The highest BCUT2D eigenvalue weighted by Crippen LogP contribution is 2.62. The normalized spacial score (nSPS) is 22.9. The first-order valence-corrected chi connectivity index (χ1v) is 24.5. The predicted octanol–water partition coefficient (Wildman–Crippen LogP) is 9.86. The van der Waals surface area contributed by atoms with Crippen molar-refractivity contribution in [2.24, 2.45) is 22.9 Å². The lowest BCUT2D eigenvalue weighted by molar-refractivity contribution is -0.251. The van der Waals surface area contributed by atoms with Crippen molar-refractivity contribution in [1.82, 2.24) is 4.31 Å². The number of aliphatic hydroxyl groups excluding tert-OH is 2. The first-order valence-electron chi connectivity index (χ1n) is 23.0. The zero-order valence-corrected chi connectivity index (χ0v) is 38.5. The Labute approximate surface area is 384 Å². The number of aliphatic hydroxyl groups is 2. The summed E-state index contributed by atoms with van der Waals surface area (Å²) in [6.07, 6.45) is 8.96. The van der Waals surface area contributed by atoms with Gasteiger partial charge in [-0.15, -0.1) is 6.58 Å². The highest BCUT2D eigenvalue weighted by molar-refractivity contribution is 7.89. The molecule has 0 unspecified atom stereocenters. The van der Waals surface area contributed by atoms with Gasteiger partial charge in [0, 0.05) is 50.3 Å². The van der Waals surface area contributed by atoms with Gasteiger partial charge in [0.2, 0.25) is 21.7 Å². The molecule has 65 heavy (non-hydrogen) atoms. The van der Waals surface area contributed by atoms with Crippen LogP contribution in [0.1, 0.15) is 83.6 Å². The van der Waals surface area contributed by atoms with Crippen molar-refractivity contribution in [3.05, 3.63) is 127 Å². The van der Waals surface area contributed by atoms with Gasteiger partial charge in [0.05, 0.1) is 29.2 Å². The summed E-state index contributed by atoms with van der Waals surface area (Å²) < 4.78 is 52.8. The van der Waals surface area contributed by atoms with Gasteiger partial charge in [-0.05, 0) is 122 Å². The first-order chi connectivity index (χ1) is 31.6. The summed E-state index contributed by atoms with van der Waals surface area (Å²) in [5.41, 5.74) is 5.09. The highest BCUT2D eigenvalue weighted by Gasteiger charge is 2.66. The molecule has 0 radical (unpaired) electrons. The van der Waals surface area contributed by atoms with E-state index in [4.69, 9.17) is 24.2 Å². The van der Waals surface area contributed by atoms with E-state index in [1.54, 1.807) is 18.2 Å². The van der Waals surface area contributed by atoms with E-state index in [-0.39, 0.29) is 61.3 Å². The second-order valence-electron chi connectivity index (χ2n) is 17.0. The Morgan fingerprint density at radius 3 is 2.28 bits per heavy atom. The van der Waals surface area contributed by atoms with Crippen LogP contribution >= 0.6 is 0 Å². The maximum atomic E-state index is 15.2. The summed E-state index contributed by atoms with van der Waals surface area (Å²) in [5, 5.41) is 27.4. The van der Waals surface area contributed by atoms with Crippen LogP contribution in [0.15, 0.2) is 131 Å². The average molecular weight is 906 g/mol.